The molecule has 2 aromatic carbocycles. The van der Waals surface area contributed by atoms with Crippen molar-refractivity contribution < 1.29 is 14.4 Å². The zero-order valence-electron chi connectivity index (χ0n) is 23.7. The number of nitrogens with one attached hydrogen (secondary N) is 2. The summed E-state index contributed by atoms with van der Waals surface area (Å²) in [6.07, 6.45) is 3.75. The minimum absolute atomic E-state index is 0.164. The van der Waals surface area contributed by atoms with Gasteiger partial charge in [0.1, 0.15) is 10.8 Å². The summed E-state index contributed by atoms with van der Waals surface area (Å²) in [4.78, 5) is 50.3. The van der Waals surface area contributed by atoms with Crippen LogP contribution >= 0.6 is 11.8 Å². The second kappa shape index (κ2) is 12.6. The number of hydrogen-bond donors (Lipinski definition) is 4. The molecular formula is C29H36N8O3S. The number of aromatic nitrogens is 2. The van der Waals surface area contributed by atoms with Crippen molar-refractivity contribution in [2.24, 2.45) is 11.1 Å². The number of ketones is 1. The van der Waals surface area contributed by atoms with Crippen molar-refractivity contribution in [1.29, 1.82) is 0 Å². The first-order valence-corrected chi connectivity index (χ1v) is 14.1. The van der Waals surface area contributed by atoms with Crippen LogP contribution in [-0.2, 0) is 4.79 Å². The molecule has 3 aromatic rings. The van der Waals surface area contributed by atoms with Gasteiger partial charge in [-0.25, -0.2) is 14.8 Å². The van der Waals surface area contributed by atoms with E-state index in [2.05, 4.69) is 32.4 Å². The van der Waals surface area contributed by atoms with Gasteiger partial charge in [-0.05, 0) is 73.7 Å². The van der Waals surface area contributed by atoms with Gasteiger partial charge in [0.05, 0.1) is 6.20 Å². The van der Waals surface area contributed by atoms with Crippen molar-refractivity contribution in [2.75, 3.05) is 55.0 Å². The summed E-state index contributed by atoms with van der Waals surface area (Å²) in [7, 11) is 3.03. The Morgan fingerprint density at radius 2 is 1.76 bits per heavy atom. The largest absolute Gasteiger partial charge is 0.381 e. The molecule has 3 amide bonds. The number of carbonyl (C=O) groups excluding carboxylic acids is 3. The van der Waals surface area contributed by atoms with Gasteiger partial charge in [-0.2, -0.15) is 0 Å². The van der Waals surface area contributed by atoms with Gasteiger partial charge < -0.3 is 31.9 Å². The van der Waals surface area contributed by atoms with Crippen LogP contribution in [0.5, 0.6) is 0 Å². The first-order chi connectivity index (χ1) is 19.5. The van der Waals surface area contributed by atoms with Gasteiger partial charge >= 0.3 is 6.03 Å². The molecular weight excluding hydrogens is 540 g/mol. The number of anilines is 4. The zero-order valence-corrected chi connectivity index (χ0v) is 24.5. The van der Waals surface area contributed by atoms with Crippen LogP contribution in [0.1, 0.15) is 35.7 Å². The average molecular weight is 577 g/mol. The highest BCUT2D eigenvalue weighted by Gasteiger charge is 2.29. The molecule has 0 saturated carbocycles. The Morgan fingerprint density at radius 1 is 1.07 bits per heavy atom. The maximum Gasteiger partial charge on any atom is 0.323 e. The summed E-state index contributed by atoms with van der Waals surface area (Å²) in [5, 5.41) is 6.19. The normalized spacial score (nSPS) is 14.3. The number of hydrogen-bond acceptors (Lipinski definition) is 9. The highest BCUT2D eigenvalue weighted by atomic mass is 32.2. The molecule has 0 aliphatic carbocycles. The van der Waals surface area contributed by atoms with Gasteiger partial charge in [-0.1, -0.05) is 24.8 Å². The minimum Gasteiger partial charge on any atom is -0.381 e. The molecule has 0 atom stereocenters. The zero-order chi connectivity index (χ0) is 29.7. The number of carbonyl (C=O) groups is 3. The lowest BCUT2D eigenvalue weighted by Crippen LogP contribution is -2.42. The van der Waals surface area contributed by atoms with Crippen molar-refractivity contribution in [3.05, 3.63) is 59.8 Å². The predicted molar refractivity (Wildman–Crippen MR) is 162 cm³/mol. The van der Waals surface area contributed by atoms with Crippen molar-refractivity contribution >= 4 is 52.5 Å². The maximum absolute atomic E-state index is 12.7. The van der Waals surface area contributed by atoms with E-state index >= 15 is 0 Å². The molecule has 1 fully saturated rings. The van der Waals surface area contributed by atoms with Gasteiger partial charge in [-0.15, -0.1) is 0 Å². The smallest absolute Gasteiger partial charge is 0.323 e. The summed E-state index contributed by atoms with van der Waals surface area (Å²) in [5.41, 5.74) is 14.6. The summed E-state index contributed by atoms with van der Waals surface area (Å²) in [6, 6.07) is 11.3. The van der Waals surface area contributed by atoms with E-state index in [1.807, 2.05) is 19.1 Å². The summed E-state index contributed by atoms with van der Waals surface area (Å²) in [6.45, 7) is 6.52. The highest BCUT2D eigenvalue weighted by Crippen LogP contribution is 2.36. The third kappa shape index (κ3) is 7.14. The Bertz CT molecular complexity index is 1440. The van der Waals surface area contributed by atoms with E-state index in [9.17, 15) is 14.4 Å². The van der Waals surface area contributed by atoms with E-state index < -0.39 is 17.7 Å². The van der Waals surface area contributed by atoms with E-state index in [-0.39, 0.29) is 11.0 Å². The fourth-order valence-electron chi connectivity index (χ4n) is 4.37. The van der Waals surface area contributed by atoms with E-state index in [1.165, 1.54) is 42.9 Å². The predicted octanol–water partition coefficient (Wildman–Crippen LogP) is 4.00. The van der Waals surface area contributed by atoms with Crippen LogP contribution in [0, 0.1) is 12.3 Å². The molecule has 1 aliphatic heterocycles. The van der Waals surface area contributed by atoms with Crippen LogP contribution in [-0.4, -0.2) is 66.3 Å². The van der Waals surface area contributed by atoms with Crippen LogP contribution in [0.15, 0.2) is 58.6 Å². The van der Waals surface area contributed by atoms with Crippen LogP contribution in [0.3, 0.4) is 0 Å². The number of amides is 3. The van der Waals surface area contributed by atoms with Crippen LogP contribution in [0.25, 0.3) is 0 Å². The number of urea groups is 1. The van der Waals surface area contributed by atoms with E-state index in [0.29, 0.717) is 28.8 Å². The molecule has 12 heteroatoms. The molecule has 41 heavy (non-hydrogen) atoms. The Balaban J connectivity index is 1.38. The topological polar surface area (TPSA) is 160 Å². The molecule has 0 unspecified atom stereocenters. The number of likely N-dealkylation sites (N-methyl/N-ethyl adjacent to an activating group) is 1. The fourth-order valence-corrected chi connectivity index (χ4v) is 5.25. The Kier molecular flexibility index (Phi) is 9.14. The Morgan fingerprint density at radius 3 is 2.37 bits per heavy atom. The van der Waals surface area contributed by atoms with Crippen LogP contribution in [0.4, 0.5) is 27.8 Å². The molecule has 1 aliphatic rings. The first-order valence-electron chi connectivity index (χ1n) is 13.3. The van der Waals surface area contributed by atoms with Crippen molar-refractivity contribution in [2.45, 2.75) is 36.6 Å². The SMILES string of the molecule is Cc1c(NC(=O)Nc2ccc(C(=O)C(=O)N(C)C)cc2)cccc1Sc1ncc(N2CCC(C)(CN)CC2)nc1N. The summed E-state index contributed by atoms with van der Waals surface area (Å²) >= 11 is 1.39. The number of rotatable bonds is 8. The molecule has 0 bridgehead atoms. The second-order valence-corrected chi connectivity index (χ2v) is 11.7. The molecule has 0 spiro atoms. The third-order valence-electron chi connectivity index (χ3n) is 7.28. The molecule has 4 rings (SSSR count). The molecule has 11 nitrogen and oxygen atoms in total. The van der Waals surface area contributed by atoms with E-state index in [4.69, 9.17) is 11.5 Å². The van der Waals surface area contributed by atoms with Gasteiger partial charge in [-0.3, -0.25) is 9.59 Å². The lowest BCUT2D eigenvalue weighted by molar-refractivity contribution is -0.124. The number of nitrogen functional groups attached to an aromatic ring is 1. The fraction of sp³-hybridized carbons (Fsp3) is 0.345. The van der Waals surface area contributed by atoms with Crippen molar-refractivity contribution in [1.82, 2.24) is 14.9 Å². The molecule has 1 saturated heterocycles. The Hall–Kier alpha value is -4.16. The van der Waals surface area contributed by atoms with Gasteiger partial charge in [0.2, 0.25) is 5.78 Å². The lowest BCUT2D eigenvalue weighted by Gasteiger charge is -2.39. The second-order valence-electron chi connectivity index (χ2n) is 10.6. The summed E-state index contributed by atoms with van der Waals surface area (Å²) in [5.74, 6) is -0.115. The van der Waals surface area contributed by atoms with Gasteiger partial charge in [0, 0.05) is 49.0 Å². The summed E-state index contributed by atoms with van der Waals surface area (Å²) < 4.78 is 0. The van der Waals surface area contributed by atoms with Crippen molar-refractivity contribution in [3.8, 4) is 0 Å². The standard InChI is InChI=1S/C29H36N8O3S/c1-18-21(34-28(40)33-20-10-8-19(9-11-20)24(38)27(39)36(3)4)6-5-7-22(18)41-26-25(31)35-23(16-32-26)37-14-12-29(2,17-30)13-15-37/h5-11,16H,12-15,17,30H2,1-4H3,(H2,31,35)(H2,33,34,40). The third-order valence-corrected chi connectivity index (χ3v) is 8.45. The average Bonchev–Trinajstić information content (AvgIpc) is 2.96. The van der Waals surface area contributed by atoms with E-state index in [1.54, 1.807) is 24.4 Å². The monoisotopic (exact) mass is 576 g/mol. The number of Topliss-reactive ketones (excluding diaryl/α,β-unsaturated/α-hetero) is 1. The molecule has 2 heterocycles. The van der Waals surface area contributed by atoms with Crippen molar-refractivity contribution in [3.63, 3.8) is 0 Å². The lowest BCUT2D eigenvalue weighted by atomic mass is 9.80. The minimum atomic E-state index is -0.613. The highest BCUT2D eigenvalue weighted by molar-refractivity contribution is 7.99. The number of piperidine rings is 1. The first kappa shape index (κ1) is 29.8. The maximum atomic E-state index is 12.7. The number of benzene rings is 2. The Labute approximate surface area is 244 Å². The quantitative estimate of drug-likeness (QED) is 0.230. The number of nitrogens with two attached hydrogens (primary N) is 2. The van der Waals surface area contributed by atoms with Crippen LogP contribution < -0.4 is 27.0 Å². The molecule has 1 aromatic heterocycles. The van der Waals surface area contributed by atoms with E-state index in [0.717, 1.165) is 42.2 Å². The van der Waals surface area contributed by atoms with Crippen LogP contribution in [0.2, 0.25) is 0 Å². The molecule has 216 valence electrons. The van der Waals surface area contributed by atoms with Gasteiger partial charge in [0.15, 0.2) is 5.82 Å². The molecule has 6 N–H and O–H groups in total. The number of nitrogens with zero attached hydrogens (tertiary/aromatic N) is 4. The van der Waals surface area contributed by atoms with Gasteiger partial charge in [0.25, 0.3) is 5.91 Å². The molecule has 0 radical (unpaired) electrons.